The first-order valence-electron chi connectivity index (χ1n) is 14.6. The number of carboxylic acid groups (broad SMARTS) is 1. The van der Waals surface area contributed by atoms with Crippen molar-refractivity contribution in [3.63, 3.8) is 0 Å². The second-order valence-corrected chi connectivity index (χ2v) is 10.7. The summed E-state index contributed by atoms with van der Waals surface area (Å²) in [7, 11) is 4.10. The van der Waals surface area contributed by atoms with Gasteiger partial charge >= 0.3 is 5.97 Å². The van der Waals surface area contributed by atoms with Crippen LogP contribution in [0.25, 0.3) is 0 Å². The molecule has 0 heterocycles. The number of hydrogen-bond donors (Lipinski definition) is 3. The maximum Gasteiger partial charge on any atom is 0.303 e. The van der Waals surface area contributed by atoms with E-state index >= 15 is 0 Å². The third kappa shape index (κ3) is 35.5. The average molecular weight is 503 g/mol. The van der Waals surface area contributed by atoms with Crippen LogP contribution in [0.3, 0.4) is 0 Å². The van der Waals surface area contributed by atoms with Gasteiger partial charge in [0.25, 0.3) is 0 Å². The molecule has 2 atom stereocenters. The highest BCUT2D eigenvalue weighted by Crippen LogP contribution is 2.13. The van der Waals surface area contributed by atoms with E-state index in [1.54, 1.807) is 13.8 Å². The minimum Gasteiger partial charge on any atom is -0.481 e. The normalized spacial score (nSPS) is 13.1. The average Bonchev–Trinajstić information content (AvgIpc) is 2.75. The first kappa shape index (κ1) is 36.5. The van der Waals surface area contributed by atoms with Crippen LogP contribution in [-0.2, 0) is 4.79 Å². The number of hydrogen-bond acceptors (Lipinski definition) is 5. The van der Waals surface area contributed by atoms with E-state index in [1.807, 2.05) is 14.1 Å². The van der Waals surface area contributed by atoms with Gasteiger partial charge in [0.1, 0.15) is 0 Å². The predicted molar refractivity (Wildman–Crippen MR) is 150 cm³/mol. The van der Waals surface area contributed by atoms with Gasteiger partial charge in [-0.15, -0.1) is 0 Å². The Bertz CT molecular complexity index is 421. The van der Waals surface area contributed by atoms with Crippen LogP contribution in [0.15, 0.2) is 0 Å². The number of nitrogens with zero attached hydrogens (tertiary/aromatic N) is 2. The maximum absolute atomic E-state index is 10.3. The summed E-state index contributed by atoms with van der Waals surface area (Å²) in [6.45, 7) is 9.06. The van der Waals surface area contributed by atoms with Crippen LogP contribution in [0.1, 0.15) is 130 Å². The molecule has 0 aliphatic carbocycles. The van der Waals surface area contributed by atoms with Crippen molar-refractivity contribution in [2.75, 3.05) is 40.3 Å². The van der Waals surface area contributed by atoms with Gasteiger partial charge in [0.2, 0.25) is 0 Å². The Balaban J connectivity index is 0. The number of carbonyl (C=O) groups is 1. The molecule has 3 N–H and O–H groups in total. The van der Waals surface area contributed by atoms with Crippen LogP contribution in [0.2, 0.25) is 0 Å². The Morgan fingerprint density at radius 2 is 1.00 bits per heavy atom. The SMILES string of the molecule is CC(O)CN(CCCN(C)C)CC(C)O.CCCCCCCCCCCCCCCCCC(=O)O. The second kappa shape index (κ2) is 27.9. The maximum atomic E-state index is 10.3. The lowest BCUT2D eigenvalue weighted by Gasteiger charge is -2.25. The summed E-state index contributed by atoms with van der Waals surface area (Å²) < 4.78 is 0. The van der Waals surface area contributed by atoms with Crippen molar-refractivity contribution in [1.82, 2.24) is 9.80 Å². The van der Waals surface area contributed by atoms with Crippen molar-refractivity contribution >= 4 is 5.97 Å². The molecule has 0 rings (SSSR count). The van der Waals surface area contributed by atoms with Crippen LogP contribution in [-0.4, -0.2) is 83.6 Å². The smallest absolute Gasteiger partial charge is 0.303 e. The largest absolute Gasteiger partial charge is 0.481 e. The quantitative estimate of drug-likeness (QED) is 0.134. The van der Waals surface area contributed by atoms with Crippen LogP contribution in [0.4, 0.5) is 0 Å². The molecule has 0 aromatic rings. The fourth-order valence-corrected chi connectivity index (χ4v) is 4.26. The predicted octanol–water partition coefficient (Wildman–Crippen LogP) is 6.33. The molecule has 0 aromatic heterocycles. The summed E-state index contributed by atoms with van der Waals surface area (Å²) in [4.78, 5) is 14.6. The zero-order valence-corrected chi connectivity index (χ0v) is 24.1. The van der Waals surface area contributed by atoms with Crippen molar-refractivity contribution in [2.24, 2.45) is 0 Å². The van der Waals surface area contributed by atoms with E-state index in [0.717, 1.165) is 32.4 Å². The van der Waals surface area contributed by atoms with Crippen LogP contribution in [0.5, 0.6) is 0 Å². The van der Waals surface area contributed by atoms with Crippen LogP contribution >= 0.6 is 0 Å². The molecule has 0 fully saturated rings. The van der Waals surface area contributed by atoms with E-state index in [4.69, 9.17) is 5.11 Å². The molecule has 212 valence electrons. The van der Waals surface area contributed by atoms with E-state index in [9.17, 15) is 15.0 Å². The molecule has 0 bridgehead atoms. The summed E-state index contributed by atoms with van der Waals surface area (Å²) in [6, 6.07) is 0. The summed E-state index contributed by atoms with van der Waals surface area (Å²) >= 11 is 0. The molecule has 6 nitrogen and oxygen atoms in total. The lowest BCUT2D eigenvalue weighted by Crippen LogP contribution is -2.37. The summed E-state index contributed by atoms with van der Waals surface area (Å²) in [5, 5.41) is 27.1. The molecule has 35 heavy (non-hydrogen) atoms. The molecule has 0 aromatic carbocycles. The monoisotopic (exact) mass is 502 g/mol. The highest BCUT2D eigenvalue weighted by atomic mass is 16.4. The molecule has 0 saturated carbocycles. The molecule has 0 radical (unpaired) electrons. The topological polar surface area (TPSA) is 84.2 Å². The Morgan fingerprint density at radius 1 is 0.629 bits per heavy atom. The molecular formula is C29H62N2O4. The Hall–Kier alpha value is -0.690. The Kier molecular flexibility index (Phi) is 29.1. The molecule has 6 heteroatoms. The van der Waals surface area contributed by atoms with Gasteiger partial charge in [-0.1, -0.05) is 96.8 Å². The highest BCUT2D eigenvalue weighted by Gasteiger charge is 2.10. The molecule has 0 saturated heterocycles. The first-order chi connectivity index (χ1) is 16.7. The minimum atomic E-state index is -0.653. The fourth-order valence-electron chi connectivity index (χ4n) is 4.26. The standard InChI is InChI=1S/C18H36O2.C11H26N2O2/c1-2-3-4-5-6-7-8-9-10-11-12-13-14-15-16-17-18(19)20;1-10(14)8-13(9-11(2)15)7-5-6-12(3)4/h2-17H2,1H3,(H,19,20);10-11,14-15H,5-9H2,1-4H3. The molecule has 0 aliphatic heterocycles. The lowest BCUT2D eigenvalue weighted by atomic mass is 10.0. The van der Waals surface area contributed by atoms with Gasteiger partial charge in [-0.25, -0.2) is 0 Å². The number of rotatable bonds is 24. The van der Waals surface area contributed by atoms with Gasteiger partial charge in [-0.2, -0.15) is 0 Å². The Morgan fingerprint density at radius 3 is 1.31 bits per heavy atom. The third-order valence-corrected chi connectivity index (χ3v) is 6.12. The van der Waals surface area contributed by atoms with E-state index < -0.39 is 5.97 Å². The van der Waals surface area contributed by atoms with Gasteiger partial charge in [0.15, 0.2) is 0 Å². The number of unbranched alkanes of at least 4 members (excludes halogenated alkanes) is 14. The van der Waals surface area contributed by atoms with Crippen LogP contribution in [0, 0.1) is 0 Å². The van der Waals surface area contributed by atoms with E-state index in [-0.39, 0.29) is 12.2 Å². The van der Waals surface area contributed by atoms with Gasteiger partial charge in [0, 0.05) is 19.5 Å². The van der Waals surface area contributed by atoms with E-state index in [0.29, 0.717) is 19.5 Å². The van der Waals surface area contributed by atoms with Crippen molar-refractivity contribution in [3.05, 3.63) is 0 Å². The van der Waals surface area contributed by atoms with Gasteiger partial charge < -0.3 is 20.2 Å². The molecule has 0 amide bonds. The zero-order valence-electron chi connectivity index (χ0n) is 24.1. The van der Waals surface area contributed by atoms with Gasteiger partial charge in [0.05, 0.1) is 12.2 Å². The number of aliphatic hydroxyl groups is 2. The molecule has 0 spiro atoms. The fraction of sp³-hybridized carbons (Fsp3) is 0.966. The summed E-state index contributed by atoms with van der Waals surface area (Å²) in [6.07, 6.45) is 20.6. The highest BCUT2D eigenvalue weighted by molar-refractivity contribution is 5.66. The van der Waals surface area contributed by atoms with Crippen molar-refractivity contribution in [2.45, 2.75) is 142 Å². The summed E-state index contributed by atoms with van der Waals surface area (Å²) in [5.41, 5.74) is 0. The lowest BCUT2D eigenvalue weighted by molar-refractivity contribution is -0.137. The van der Waals surface area contributed by atoms with Gasteiger partial charge in [-0.05, 0) is 53.9 Å². The number of aliphatic hydroxyl groups excluding tert-OH is 2. The van der Waals surface area contributed by atoms with Crippen LogP contribution < -0.4 is 0 Å². The first-order valence-corrected chi connectivity index (χ1v) is 14.6. The number of carboxylic acids is 1. The third-order valence-electron chi connectivity index (χ3n) is 6.12. The van der Waals surface area contributed by atoms with Gasteiger partial charge in [-0.3, -0.25) is 9.69 Å². The number of aliphatic carboxylic acids is 1. The molecular weight excluding hydrogens is 440 g/mol. The molecule has 0 aliphatic rings. The van der Waals surface area contributed by atoms with Crippen molar-refractivity contribution < 1.29 is 20.1 Å². The summed E-state index contributed by atoms with van der Waals surface area (Å²) in [5.74, 6) is -0.653. The molecule has 2 unspecified atom stereocenters. The Labute approximate surface area is 218 Å². The van der Waals surface area contributed by atoms with E-state index in [2.05, 4.69) is 16.7 Å². The minimum absolute atomic E-state index is 0.330. The van der Waals surface area contributed by atoms with E-state index in [1.165, 1.54) is 83.5 Å². The van der Waals surface area contributed by atoms with Crippen molar-refractivity contribution in [1.29, 1.82) is 0 Å². The van der Waals surface area contributed by atoms with Crippen molar-refractivity contribution in [3.8, 4) is 0 Å². The second-order valence-electron chi connectivity index (χ2n) is 10.7. The zero-order chi connectivity index (χ0) is 26.7.